The van der Waals surface area contributed by atoms with Crippen LogP contribution in [0.15, 0.2) is 39.2 Å². The van der Waals surface area contributed by atoms with Gasteiger partial charge in [0.15, 0.2) is 17.9 Å². The molecule has 3 aliphatic heterocycles. The molecule has 0 radical (unpaired) electrons. The van der Waals surface area contributed by atoms with Crippen LogP contribution in [0.25, 0.3) is 0 Å². The number of rotatable bonds is 40. The number of amides is 5. The number of esters is 1. The van der Waals surface area contributed by atoms with Crippen molar-refractivity contribution < 1.29 is 108 Å². The first-order chi connectivity index (χ1) is 53.1. The van der Waals surface area contributed by atoms with Gasteiger partial charge in [0.1, 0.15) is 77.9 Å². The fourth-order valence-electron chi connectivity index (χ4n) is 9.29. The maximum Gasteiger partial charge on any atom is 0.326 e. The van der Waals surface area contributed by atoms with E-state index in [2.05, 4.69) is 146 Å². The molecule has 1 aromatic carbocycles. The molecule has 40 nitrogen and oxygen atoms in total. The third-order valence-corrected chi connectivity index (χ3v) is 26.6. The summed E-state index contributed by atoms with van der Waals surface area (Å²) in [4.78, 5) is 175. The molecule has 1 aromatic rings. The average molecular weight is 1800 g/mol. The quantitative estimate of drug-likeness (QED) is 0.00561. The maximum atomic E-state index is 13.4. The highest BCUT2D eigenvalue weighted by Crippen LogP contribution is 2.54. The number of nitro groups is 1. The zero-order valence-electron chi connectivity index (χ0n) is 64.1. The molecule has 3 heterocycles. The lowest BCUT2D eigenvalue weighted by atomic mass is 10.1. The van der Waals surface area contributed by atoms with E-state index in [0.29, 0.717) is 57.1 Å². The number of nitro benzene ring substituents is 1. The van der Waals surface area contributed by atoms with Crippen molar-refractivity contribution in [3.8, 4) is 5.75 Å². The van der Waals surface area contributed by atoms with Gasteiger partial charge in [-0.3, -0.25) is 72.4 Å². The van der Waals surface area contributed by atoms with Gasteiger partial charge in [-0.25, -0.2) is 15.0 Å². The number of nitrogens with one attached hydrogen (secondary N) is 10. The molecule has 3 saturated heterocycles. The summed E-state index contributed by atoms with van der Waals surface area (Å²) in [6.07, 6.45) is 0. The second-order valence-corrected chi connectivity index (χ2v) is 39.8. The molecule has 10 atom stereocenters. The number of carboxylic acid groups (broad SMARTS) is 7. The first-order valence-electron chi connectivity index (χ1n) is 34.8. The Kier molecular flexibility index (Phi) is 49.1. The van der Waals surface area contributed by atoms with Crippen LogP contribution in [0.1, 0.15) is 69.2 Å². The summed E-state index contributed by atoms with van der Waals surface area (Å²) < 4.78 is 4.37. The monoisotopic (exact) mass is 1800 g/mol. The number of guanidine groups is 3. The highest BCUT2D eigenvalue weighted by atomic mass is 32.2. The Balaban J connectivity index is 0.000000792. The van der Waals surface area contributed by atoms with Crippen molar-refractivity contribution in [1.82, 2.24) is 58.1 Å². The van der Waals surface area contributed by atoms with Crippen LogP contribution in [0.2, 0.25) is 0 Å². The van der Waals surface area contributed by atoms with Gasteiger partial charge in [0, 0.05) is 104 Å². The Morgan fingerprint density at radius 3 is 1.04 bits per heavy atom. The van der Waals surface area contributed by atoms with E-state index in [1.54, 1.807) is 0 Å². The van der Waals surface area contributed by atoms with Crippen LogP contribution in [0.4, 0.5) is 5.69 Å². The van der Waals surface area contributed by atoms with Crippen LogP contribution in [0.3, 0.4) is 0 Å². The zero-order valence-corrected chi connectivity index (χ0v) is 72.5. The van der Waals surface area contributed by atoms with Gasteiger partial charge in [-0.1, -0.05) is 27.7 Å². The minimum Gasteiger partial charge on any atom is -0.480 e. The number of thiol groups is 4. The van der Waals surface area contributed by atoms with Crippen LogP contribution < -0.4 is 69.4 Å². The molecule has 21 N–H and O–H groups in total. The van der Waals surface area contributed by atoms with E-state index < -0.39 is 150 Å². The number of hydrogen-bond acceptors (Lipinski definition) is 31. The summed E-state index contributed by atoms with van der Waals surface area (Å²) >= 11 is 23.3. The Morgan fingerprint density at radius 1 is 0.456 bits per heavy atom. The number of ether oxygens (including phenoxy) is 1. The second-order valence-electron chi connectivity index (χ2n) is 26.2. The minimum atomic E-state index is -1.29. The molecule has 4 rings (SSSR count). The molecule has 3 fully saturated rings. The number of aliphatic carboxylic acids is 7. The van der Waals surface area contributed by atoms with E-state index in [1.165, 1.54) is 94.8 Å². The summed E-state index contributed by atoms with van der Waals surface area (Å²) in [5, 5.41) is 91.3. The van der Waals surface area contributed by atoms with Gasteiger partial charge < -0.3 is 110 Å². The fourth-order valence-corrected chi connectivity index (χ4v) is 19.6. The minimum absolute atomic E-state index is 0.0360. The number of non-ortho nitro benzene ring substituents is 1. The van der Waals surface area contributed by atoms with Gasteiger partial charge in [0.05, 0.1) is 17.2 Å². The highest BCUT2D eigenvalue weighted by molar-refractivity contribution is 8.23. The van der Waals surface area contributed by atoms with Gasteiger partial charge in [0.2, 0.25) is 29.5 Å². The van der Waals surface area contributed by atoms with Crippen LogP contribution in [0, 0.1) is 22.0 Å². The van der Waals surface area contributed by atoms with Crippen LogP contribution in [0.5, 0.6) is 5.75 Å². The number of thioether (sulfide) groups is 6. The lowest BCUT2D eigenvalue weighted by Gasteiger charge is -2.30. The number of nitrogens with zero attached hydrogens (tertiary/aromatic N) is 5. The lowest BCUT2D eigenvalue weighted by Crippen LogP contribution is -2.47. The van der Waals surface area contributed by atoms with E-state index in [1.807, 2.05) is 46.4 Å². The molecular formula is C64H105N17O23S10. The molecule has 5 amide bonds. The van der Waals surface area contributed by atoms with E-state index in [4.69, 9.17) is 41.7 Å². The summed E-state index contributed by atoms with van der Waals surface area (Å²) in [6, 6.07) is 5.38. The fraction of sp³-hybridized carbons (Fsp3) is 0.656. The average Bonchev–Trinajstić information content (AvgIpc) is 1.66. The normalized spacial score (nSPS) is 18.9. The number of benzene rings is 1. The topological polar surface area (TPSA) is 629 Å². The third kappa shape index (κ3) is 42.2. The van der Waals surface area contributed by atoms with E-state index in [9.17, 15) is 82.7 Å². The van der Waals surface area contributed by atoms with Crippen LogP contribution >= 0.6 is 121 Å². The molecule has 644 valence electrons. The maximum absolute atomic E-state index is 13.4. The first kappa shape index (κ1) is 105. The number of carbonyl (C=O) groups excluding carboxylic acids is 6. The Labute approximate surface area is 706 Å². The lowest BCUT2D eigenvalue weighted by molar-refractivity contribution is -0.384. The van der Waals surface area contributed by atoms with Gasteiger partial charge in [-0.15, -0.1) is 70.6 Å². The molecule has 3 aliphatic rings. The molecule has 0 aliphatic carbocycles. The van der Waals surface area contributed by atoms with Crippen molar-refractivity contribution in [3.63, 3.8) is 0 Å². The highest BCUT2D eigenvalue weighted by Gasteiger charge is 2.52. The van der Waals surface area contributed by atoms with E-state index in [-0.39, 0.29) is 92.2 Å². The molecule has 50 heteroatoms. The molecule has 114 heavy (non-hydrogen) atoms. The van der Waals surface area contributed by atoms with Crippen molar-refractivity contribution in [1.29, 1.82) is 0 Å². The molecular weight excluding hydrogens is 1700 g/mol. The van der Waals surface area contributed by atoms with Gasteiger partial charge in [0.25, 0.3) is 5.69 Å². The number of carbonyl (C=O) groups is 13. The number of hydrogen-bond donors (Lipinski definition) is 23. The van der Waals surface area contributed by atoms with Gasteiger partial charge in [-0.05, 0) is 65.5 Å². The van der Waals surface area contributed by atoms with Crippen molar-refractivity contribution in [2.75, 3.05) is 111 Å². The van der Waals surface area contributed by atoms with Crippen molar-refractivity contribution >= 4 is 222 Å². The van der Waals surface area contributed by atoms with Crippen LogP contribution in [-0.2, 0) is 62.3 Å². The second kappa shape index (κ2) is 53.3. The smallest absolute Gasteiger partial charge is 0.326 e. The Morgan fingerprint density at radius 2 is 0.746 bits per heavy atom. The molecule has 0 spiro atoms. The summed E-state index contributed by atoms with van der Waals surface area (Å²) in [5.74, 6) is -9.12. The number of carboxylic acids is 7. The zero-order chi connectivity index (χ0) is 87.0. The number of aliphatic imine (C=N–C) groups is 3. The molecule has 0 saturated carbocycles. The Bertz CT molecular complexity index is 3370. The van der Waals surface area contributed by atoms with Crippen LogP contribution in [-0.4, -0.2) is 317 Å². The first-order valence-corrected chi connectivity index (χ1v) is 42.1. The standard InChI is InChI=1S/C21H33N5O8S4.C21H30N2O5S2.C15H25N5O8S4.C7H17N5O2/c1-20(2)35-11(13(37-20)17(31)32)15(29)22-5-7-24-19(26-9-10(27)28)25-8-6-23-16(30)12-14(18(33)34)38-21(3,4)36-12;1-13(2)11-22(12-14(3)4)19(24)17-18(30-21(5,6)29-17)20(25)28-16-9-7-15(8-10-16)23(26)27;21-6(22)5-20-15(18-3-1-16-11(23)7(29)9(31)13(25)26)19-4-2-17-12(24)8(30)10(32)14(27)28;8-1-3-10-7(11-4-2-9)12-5-6(13)14/h11-14H,5-9H2,1-4H3,(H,22,29)(H,23,30)(H,27,28)(H,31,32)(H,33,34)(H2,24,25,26);7-10,13-14,17-18H,11-12H2,1-6H3;7-10,29-32H,1-5H2,(H,16,23)(H,17,24)(H,21,22)(H,25,26)(H,27,28)(H2,18,19,20);1-5,8-9H2,(H,13,14)(H2,10,11,12). The largest absolute Gasteiger partial charge is 0.480 e. The van der Waals surface area contributed by atoms with E-state index >= 15 is 0 Å². The summed E-state index contributed by atoms with van der Waals surface area (Å²) in [6.45, 7) is 22.6. The van der Waals surface area contributed by atoms with Gasteiger partial charge >= 0.3 is 47.8 Å². The van der Waals surface area contributed by atoms with Gasteiger partial charge in [-0.2, -0.15) is 50.5 Å². The van der Waals surface area contributed by atoms with Crippen molar-refractivity contribution in [2.24, 2.45) is 38.3 Å². The number of nitrogens with two attached hydrogens (primary N) is 2. The molecule has 10 unspecified atom stereocenters. The SMILES string of the molecule is CC(C)CN(CC(C)C)C(=O)C1SC(C)(C)SC1C(=O)Oc1ccc([N+](=O)[O-])cc1.CC1(C)SC(C(=O)O)C(C(=O)NCCNC(=NCC(=O)O)NCCNC(=O)C2SC(C)(C)SC2C(=O)O)S1.NCCNC(=NCC(=O)O)NCCN.O=C(O)CN=C(NCCNC(=O)C(S)C(S)C(=O)O)NCCNC(=O)C(S)C(S)C(=O)O. The van der Waals surface area contributed by atoms with E-state index in [0.717, 1.165) is 0 Å². The summed E-state index contributed by atoms with van der Waals surface area (Å²) in [7, 11) is 0. The van der Waals surface area contributed by atoms with Crippen molar-refractivity contribution in [2.45, 2.75) is 134 Å². The molecule has 0 bridgehead atoms. The Hall–Kier alpha value is -7.04. The predicted octanol–water partition coefficient (Wildman–Crippen LogP) is -0.767. The predicted molar refractivity (Wildman–Crippen MR) is 455 cm³/mol. The third-order valence-electron chi connectivity index (χ3n) is 14.0. The van der Waals surface area contributed by atoms with Crippen molar-refractivity contribution in [3.05, 3.63) is 34.4 Å². The summed E-state index contributed by atoms with van der Waals surface area (Å²) in [5.41, 5.74) is 10.5. The molecule has 0 aromatic heterocycles.